The van der Waals surface area contributed by atoms with Gasteiger partial charge in [-0.15, -0.1) is 0 Å². The summed E-state index contributed by atoms with van der Waals surface area (Å²) in [6, 6.07) is 0. The standard InChI is InChI=1S/C20H38O6S/c1-2-3-4-5-6-7-8-9-10-11-12-13-14-15-16-24-17-18-25-19-20-26-27(21,22)23/h2-14,17-20H2,1H3,(H,21,22,23). The normalized spacial score (nSPS) is 11.2. The van der Waals surface area contributed by atoms with Crippen LogP contribution in [0.25, 0.3) is 0 Å². The van der Waals surface area contributed by atoms with Gasteiger partial charge in [0.25, 0.3) is 0 Å². The van der Waals surface area contributed by atoms with Gasteiger partial charge in [-0.25, -0.2) is 4.18 Å². The van der Waals surface area contributed by atoms with E-state index in [1.807, 2.05) is 0 Å². The molecule has 0 saturated heterocycles. The van der Waals surface area contributed by atoms with Crippen molar-refractivity contribution < 1.29 is 26.6 Å². The van der Waals surface area contributed by atoms with E-state index in [1.165, 1.54) is 70.6 Å². The van der Waals surface area contributed by atoms with Crippen LogP contribution in [0.3, 0.4) is 0 Å². The van der Waals surface area contributed by atoms with Crippen molar-refractivity contribution in [3.05, 3.63) is 0 Å². The van der Waals surface area contributed by atoms with Crippen LogP contribution in [0.1, 0.15) is 90.4 Å². The zero-order valence-electron chi connectivity index (χ0n) is 16.9. The molecule has 27 heavy (non-hydrogen) atoms. The number of unbranched alkanes of at least 4 members (excludes halogenated alkanes) is 12. The van der Waals surface area contributed by atoms with E-state index in [1.54, 1.807) is 0 Å². The lowest BCUT2D eigenvalue weighted by atomic mass is 10.0. The Morgan fingerprint density at radius 1 is 0.741 bits per heavy atom. The fraction of sp³-hybridized carbons (Fsp3) is 0.900. The molecule has 0 heterocycles. The molecule has 0 aromatic carbocycles. The van der Waals surface area contributed by atoms with Gasteiger partial charge in [-0.1, -0.05) is 83.5 Å². The van der Waals surface area contributed by atoms with Crippen LogP contribution in [0.4, 0.5) is 0 Å². The molecule has 0 radical (unpaired) electrons. The molecule has 0 aromatic rings. The molecule has 0 unspecified atom stereocenters. The van der Waals surface area contributed by atoms with E-state index in [0.717, 1.165) is 12.8 Å². The largest absolute Gasteiger partial charge is 0.444 e. The van der Waals surface area contributed by atoms with Crippen molar-refractivity contribution in [1.29, 1.82) is 0 Å². The molecule has 0 aliphatic heterocycles. The predicted molar refractivity (Wildman–Crippen MR) is 108 cm³/mol. The lowest BCUT2D eigenvalue weighted by Gasteiger charge is -2.02. The van der Waals surface area contributed by atoms with Crippen LogP contribution >= 0.6 is 0 Å². The van der Waals surface area contributed by atoms with E-state index in [4.69, 9.17) is 14.0 Å². The molecule has 0 bridgehead atoms. The number of hydrogen-bond donors (Lipinski definition) is 1. The molecule has 0 fully saturated rings. The highest BCUT2D eigenvalue weighted by Crippen LogP contribution is 2.12. The van der Waals surface area contributed by atoms with Gasteiger partial charge in [0.2, 0.25) is 0 Å². The van der Waals surface area contributed by atoms with Crippen molar-refractivity contribution in [1.82, 2.24) is 0 Å². The van der Waals surface area contributed by atoms with Crippen LogP contribution in [0.15, 0.2) is 0 Å². The molecule has 0 rings (SSSR count). The van der Waals surface area contributed by atoms with Gasteiger partial charge in [0.05, 0.1) is 19.8 Å². The van der Waals surface area contributed by atoms with Gasteiger partial charge in [-0.3, -0.25) is 4.55 Å². The maximum Gasteiger partial charge on any atom is 0.397 e. The quantitative estimate of drug-likeness (QED) is 0.187. The number of hydrogen-bond acceptors (Lipinski definition) is 5. The van der Waals surface area contributed by atoms with E-state index >= 15 is 0 Å². The second-order valence-corrected chi connectivity index (χ2v) is 7.72. The summed E-state index contributed by atoms with van der Waals surface area (Å²) in [5.41, 5.74) is 0. The van der Waals surface area contributed by atoms with Crippen LogP contribution in [0.5, 0.6) is 0 Å². The summed E-state index contributed by atoms with van der Waals surface area (Å²) in [6.45, 7) is 2.71. The van der Waals surface area contributed by atoms with E-state index in [0.29, 0.717) is 13.2 Å². The minimum Gasteiger partial charge on any atom is -0.444 e. The first-order valence-electron chi connectivity index (χ1n) is 10.4. The smallest absolute Gasteiger partial charge is 0.397 e. The molecule has 0 saturated carbocycles. The topological polar surface area (TPSA) is 82.1 Å². The third-order valence-electron chi connectivity index (χ3n) is 4.09. The summed E-state index contributed by atoms with van der Waals surface area (Å²) in [7, 11) is -4.38. The molecule has 0 aliphatic rings. The molecule has 7 heteroatoms. The Bertz CT molecular complexity index is 467. The van der Waals surface area contributed by atoms with Crippen LogP contribution in [0, 0.1) is 12.0 Å². The van der Waals surface area contributed by atoms with Crippen molar-refractivity contribution in [2.45, 2.75) is 90.4 Å². The number of rotatable bonds is 19. The monoisotopic (exact) mass is 406 g/mol. The SMILES string of the molecule is CCCCCCCCCCCCCCC#COCCOCCOS(=O)(=O)O. The Labute approximate surface area is 166 Å². The van der Waals surface area contributed by atoms with E-state index in [-0.39, 0.29) is 13.2 Å². The Kier molecular flexibility index (Phi) is 19.3. The fourth-order valence-corrected chi connectivity index (χ4v) is 2.89. The van der Waals surface area contributed by atoms with Crippen molar-refractivity contribution in [2.24, 2.45) is 0 Å². The lowest BCUT2D eigenvalue weighted by molar-refractivity contribution is 0.0683. The summed E-state index contributed by atoms with van der Waals surface area (Å²) >= 11 is 0. The van der Waals surface area contributed by atoms with Crippen molar-refractivity contribution in [3.8, 4) is 12.0 Å². The second-order valence-electron chi connectivity index (χ2n) is 6.63. The molecule has 1 N–H and O–H groups in total. The first kappa shape index (κ1) is 26.2. The Hall–Kier alpha value is -0.810. The summed E-state index contributed by atoms with van der Waals surface area (Å²) in [5, 5.41) is 0. The molecular formula is C20H38O6S. The van der Waals surface area contributed by atoms with Gasteiger partial charge >= 0.3 is 10.4 Å². The fourth-order valence-electron chi connectivity index (χ4n) is 2.61. The first-order valence-corrected chi connectivity index (χ1v) is 11.7. The summed E-state index contributed by atoms with van der Waals surface area (Å²) in [4.78, 5) is 0. The van der Waals surface area contributed by atoms with Crippen molar-refractivity contribution in [3.63, 3.8) is 0 Å². The van der Waals surface area contributed by atoms with Gasteiger partial charge in [-0.2, -0.15) is 8.42 Å². The molecule has 0 amide bonds. The first-order chi connectivity index (χ1) is 13.1. The average Bonchev–Trinajstić information content (AvgIpc) is 2.62. The minimum absolute atomic E-state index is 0.0649. The summed E-state index contributed by atoms with van der Waals surface area (Å²) in [5.74, 6) is 2.98. The Morgan fingerprint density at radius 2 is 1.26 bits per heavy atom. The highest BCUT2D eigenvalue weighted by molar-refractivity contribution is 7.80. The second kappa shape index (κ2) is 19.9. The maximum atomic E-state index is 10.3. The van der Waals surface area contributed by atoms with Gasteiger partial charge < -0.3 is 9.47 Å². The molecule has 0 atom stereocenters. The van der Waals surface area contributed by atoms with E-state index in [2.05, 4.69) is 23.1 Å². The van der Waals surface area contributed by atoms with Crippen LogP contribution in [-0.4, -0.2) is 39.4 Å². The van der Waals surface area contributed by atoms with E-state index < -0.39 is 10.4 Å². The lowest BCUT2D eigenvalue weighted by Crippen LogP contribution is -2.11. The predicted octanol–water partition coefficient (Wildman–Crippen LogP) is 4.89. The number of ether oxygens (including phenoxy) is 2. The zero-order valence-corrected chi connectivity index (χ0v) is 17.7. The molecular weight excluding hydrogens is 368 g/mol. The Balaban J connectivity index is 3.16. The van der Waals surface area contributed by atoms with Crippen LogP contribution in [0.2, 0.25) is 0 Å². The maximum absolute atomic E-state index is 10.3. The zero-order chi connectivity index (χ0) is 20.1. The summed E-state index contributed by atoms with van der Waals surface area (Å²) in [6.07, 6.45) is 19.5. The van der Waals surface area contributed by atoms with Gasteiger partial charge in [0.15, 0.2) is 0 Å². The van der Waals surface area contributed by atoms with Gasteiger partial charge in [0.1, 0.15) is 12.7 Å². The molecule has 0 aromatic heterocycles. The molecule has 160 valence electrons. The average molecular weight is 407 g/mol. The van der Waals surface area contributed by atoms with Crippen molar-refractivity contribution >= 4 is 10.4 Å². The van der Waals surface area contributed by atoms with Gasteiger partial charge in [0, 0.05) is 6.42 Å². The summed E-state index contributed by atoms with van der Waals surface area (Å²) < 4.78 is 43.1. The molecule has 0 spiro atoms. The van der Waals surface area contributed by atoms with Crippen LogP contribution < -0.4 is 0 Å². The highest BCUT2D eigenvalue weighted by Gasteiger charge is 2.02. The van der Waals surface area contributed by atoms with Gasteiger partial charge in [-0.05, 0) is 6.42 Å². The molecule has 6 nitrogen and oxygen atoms in total. The third kappa shape index (κ3) is 25.2. The highest BCUT2D eigenvalue weighted by atomic mass is 32.3. The van der Waals surface area contributed by atoms with Crippen LogP contribution in [-0.2, 0) is 24.1 Å². The third-order valence-corrected chi connectivity index (χ3v) is 4.55. The Morgan fingerprint density at radius 3 is 1.81 bits per heavy atom. The minimum atomic E-state index is -4.38. The molecule has 0 aliphatic carbocycles. The van der Waals surface area contributed by atoms with Crippen molar-refractivity contribution in [2.75, 3.05) is 26.4 Å². The van der Waals surface area contributed by atoms with E-state index in [9.17, 15) is 8.42 Å².